The third-order valence-corrected chi connectivity index (χ3v) is 2.97. The Morgan fingerprint density at radius 2 is 2.12 bits per heavy atom. The minimum Gasteiger partial charge on any atom is -0.310 e. The molecule has 0 radical (unpaired) electrons. The number of aromatic nitrogens is 1. The molecule has 0 spiro atoms. The maximum absolute atomic E-state index is 4.37. The van der Waals surface area contributed by atoms with E-state index >= 15 is 0 Å². The first-order valence-corrected chi connectivity index (χ1v) is 6.44. The van der Waals surface area contributed by atoms with E-state index in [0.29, 0.717) is 6.04 Å². The standard InChI is InChI=1S/C14H24N2/c1-4-6-7-10-14(15-5-2)13-9-8-11-16-12(13)3/h8-9,11,14-15H,4-7,10H2,1-3H3. The zero-order chi connectivity index (χ0) is 11.8. The Balaban J connectivity index is 2.65. The summed E-state index contributed by atoms with van der Waals surface area (Å²) in [5.41, 5.74) is 2.52. The van der Waals surface area contributed by atoms with Crippen molar-refractivity contribution in [3.63, 3.8) is 0 Å². The van der Waals surface area contributed by atoms with Crippen molar-refractivity contribution in [1.82, 2.24) is 10.3 Å². The van der Waals surface area contributed by atoms with Gasteiger partial charge in [-0.05, 0) is 31.5 Å². The molecule has 2 heteroatoms. The van der Waals surface area contributed by atoms with Gasteiger partial charge in [-0.25, -0.2) is 0 Å². The fourth-order valence-electron chi connectivity index (χ4n) is 2.08. The van der Waals surface area contributed by atoms with Gasteiger partial charge in [0.1, 0.15) is 0 Å². The first-order valence-electron chi connectivity index (χ1n) is 6.44. The number of hydrogen-bond acceptors (Lipinski definition) is 2. The van der Waals surface area contributed by atoms with Crippen molar-refractivity contribution < 1.29 is 0 Å². The average Bonchev–Trinajstić information content (AvgIpc) is 2.29. The average molecular weight is 220 g/mol. The number of unbranched alkanes of at least 4 members (excludes halogenated alkanes) is 2. The molecule has 1 atom stereocenters. The summed E-state index contributed by atoms with van der Waals surface area (Å²) in [4.78, 5) is 4.37. The molecule has 0 bridgehead atoms. The first kappa shape index (κ1) is 13.2. The van der Waals surface area contributed by atoms with Crippen LogP contribution in [-0.2, 0) is 0 Å². The number of aryl methyl sites for hydroxylation is 1. The van der Waals surface area contributed by atoms with Crippen LogP contribution in [-0.4, -0.2) is 11.5 Å². The highest BCUT2D eigenvalue weighted by atomic mass is 14.9. The lowest BCUT2D eigenvalue weighted by molar-refractivity contribution is 0.483. The summed E-state index contributed by atoms with van der Waals surface area (Å²) >= 11 is 0. The van der Waals surface area contributed by atoms with E-state index in [1.54, 1.807) is 0 Å². The van der Waals surface area contributed by atoms with Gasteiger partial charge in [0, 0.05) is 17.9 Å². The van der Waals surface area contributed by atoms with E-state index in [4.69, 9.17) is 0 Å². The fraction of sp³-hybridized carbons (Fsp3) is 0.643. The highest BCUT2D eigenvalue weighted by molar-refractivity contribution is 5.22. The number of rotatable bonds is 7. The number of nitrogens with one attached hydrogen (secondary N) is 1. The Bertz CT molecular complexity index is 297. The van der Waals surface area contributed by atoms with Gasteiger partial charge in [0.2, 0.25) is 0 Å². The molecule has 0 aliphatic rings. The van der Waals surface area contributed by atoms with Gasteiger partial charge in [-0.3, -0.25) is 4.98 Å². The van der Waals surface area contributed by atoms with E-state index in [1.165, 1.54) is 31.2 Å². The Hall–Kier alpha value is -0.890. The SMILES string of the molecule is CCCCCC(NCC)c1cccnc1C. The Morgan fingerprint density at radius 3 is 2.75 bits per heavy atom. The van der Waals surface area contributed by atoms with E-state index in [0.717, 1.165) is 12.2 Å². The van der Waals surface area contributed by atoms with Gasteiger partial charge >= 0.3 is 0 Å². The molecule has 2 nitrogen and oxygen atoms in total. The van der Waals surface area contributed by atoms with Crippen LogP contribution >= 0.6 is 0 Å². The number of hydrogen-bond donors (Lipinski definition) is 1. The maximum atomic E-state index is 4.37. The molecule has 1 rings (SSSR count). The first-order chi connectivity index (χ1) is 7.79. The molecule has 90 valence electrons. The molecule has 0 aliphatic heterocycles. The molecular formula is C14H24N2. The summed E-state index contributed by atoms with van der Waals surface area (Å²) in [7, 11) is 0. The molecule has 0 saturated carbocycles. The molecule has 1 aromatic heterocycles. The fourth-order valence-corrected chi connectivity index (χ4v) is 2.08. The molecule has 0 fully saturated rings. The predicted octanol–water partition coefficient (Wildman–Crippen LogP) is 3.62. The van der Waals surface area contributed by atoms with Crippen LogP contribution < -0.4 is 5.32 Å². The van der Waals surface area contributed by atoms with Gasteiger partial charge in [-0.1, -0.05) is 39.2 Å². The molecule has 0 amide bonds. The van der Waals surface area contributed by atoms with E-state index in [2.05, 4.69) is 37.1 Å². The maximum Gasteiger partial charge on any atom is 0.0420 e. The second-order valence-corrected chi connectivity index (χ2v) is 4.28. The predicted molar refractivity (Wildman–Crippen MR) is 69.5 cm³/mol. The summed E-state index contributed by atoms with van der Waals surface area (Å²) < 4.78 is 0. The van der Waals surface area contributed by atoms with E-state index in [-0.39, 0.29) is 0 Å². The van der Waals surface area contributed by atoms with E-state index < -0.39 is 0 Å². The molecule has 1 N–H and O–H groups in total. The lowest BCUT2D eigenvalue weighted by Crippen LogP contribution is -2.22. The van der Waals surface area contributed by atoms with Crippen LogP contribution in [0.15, 0.2) is 18.3 Å². The molecule has 1 aromatic rings. The molecular weight excluding hydrogens is 196 g/mol. The van der Waals surface area contributed by atoms with Crippen LogP contribution in [0.4, 0.5) is 0 Å². The van der Waals surface area contributed by atoms with Gasteiger partial charge in [0.05, 0.1) is 0 Å². The normalized spacial score (nSPS) is 12.7. The Labute approximate surface area is 99.5 Å². The van der Waals surface area contributed by atoms with Crippen molar-refractivity contribution in [1.29, 1.82) is 0 Å². The van der Waals surface area contributed by atoms with Crippen LogP contribution in [0, 0.1) is 6.92 Å². The summed E-state index contributed by atoms with van der Waals surface area (Å²) in [6, 6.07) is 4.71. The monoisotopic (exact) mass is 220 g/mol. The third-order valence-electron chi connectivity index (χ3n) is 2.97. The van der Waals surface area contributed by atoms with Crippen molar-refractivity contribution in [2.45, 2.75) is 52.5 Å². The zero-order valence-electron chi connectivity index (χ0n) is 10.8. The van der Waals surface area contributed by atoms with Crippen molar-refractivity contribution in [3.05, 3.63) is 29.6 Å². The van der Waals surface area contributed by atoms with Crippen LogP contribution in [0.1, 0.15) is 56.8 Å². The van der Waals surface area contributed by atoms with Crippen molar-refractivity contribution >= 4 is 0 Å². The second-order valence-electron chi connectivity index (χ2n) is 4.28. The van der Waals surface area contributed by atoms with Crippen LogP contribution in [0.2, 0.25) is 0 Å². The Kier molecular flexibility index (Phi) is 6.09. The number of pyridine rings is 1. The smallest absolute Gasteiger partial charge is 0.0420 e. The molecule has 16 heavy (non-hydrogen) atoms. The summed E-state index contributed by atoms with van der Waals surface area (Å²) in [6.45, 7) is 7.53. The van der Waals surface area contributed by atoms with Crippen LogP contribution in [0.5, 0.6) is 0 Å². The van der Waals surface area contributed by atoms with Gasteiger partial charge < -0.3 is 5.32 Å². The second kappa shape index (κ2) is 7.39. The van der Waals surface area contributed by atoms with Crippen LogP contribution in [0.3, 0.4) is 0 Å². The third kappa shape index (κ3) is 3.93. The minimum absolute atomic E-state index is 0.477. The largest absolute Gasteiger partial charge is 0.310 e. The van der Waals surface area contributed by atoms with Gasteiger partial charge in [-0.15, -0.1) is 0 Å². The Morgan fingerprint density at radius 1 is 1.31 bits per heavy atom. The topological polar surface area (TPSA) is 24.9 Å². The molecule has 1 heterocycles. The zero-order valence-corrected chi connectivity index (χ0v) is 10.8. The van der Waals surface area contributed by atoms with Crippen molar-refractivity contribution in [2.75, 3.05) is 6.54 Å². The van der Waals surface area contributed by atoms with Gasteiger partial charge in [0.25, 0.3) is 0 Å². The summed E-state index contributed by atoms with van der Waals surface area (Å²) in [5, 5.41) is 3.56. The molecule has 0 aliphatic carbocycles. The van der Waals surface area contributed by atoms with E-state index in [9.17, 15) is 0 Å². The van der Waals surface area contributed by atoms with Gasteiger partial charge in [-0.2, -0.15) is 0 Å². The van der Waals surface area contributed by atoms with Crippen molar-refractivity contribution in [3.8, 4) is 0 Å². The highest BCUT2D eigenvalue weighted by Crippen LogP contribution is 2.21. The molecule has 0 saturated heterocycles. The summed E-state index contributed by atoms with van der Waals surface area (Å²) in [5.74, 6) is 0. The molecule has 0 aromatic carbocycles. The lowest BCUT2D eigenvalue weighted by atomic mass is 9.99. The van der Waals surface area contributed by atoms with Crippen LogP contribution in [0.25, 0.3) is 0 Å². The molecule has 1 unspecified atom stereocenters. The number of nitrogens with zero attached hydrogens (tertiary/aromatic N) is 1. The minimum atomic E-state index is 0.477. The summed E-state index contributed by atoms with van der Waals surface area (Å²) in [6.07, 6.45) is 6.98. The van der Waals surface area contributed by atoms with E-state index in [1.807, 2.05) is 12.3 Å². The van der Waals surface area contributed by atoms with Gasteiger partial charge in [0.15, 0.2) is 0 Å². The highest BCUT2D eigenvalue weighted by Gasteiger charge is 2.12. The van der Waals surface area contributed by atoms with Crippen molar-refractivity contribution in [2.24, 2.45) is 0 Å². The quantitative estimate of drug-likeness (QED) is 0.710. The lowest BCUT2D eigenvalue weighted by Gasteiger charge is -2.19.